The summed E-state index contributed by atoms with van der Waals surface area (Å²) in [6, 6.07) is 7.42. The van der Waals surface area contributed by atoms with Crippen LogP contribution in [0.3, 0.4) is 0 Å². The summed E-state index contributed by atoms with van der Waals surface area (Å²) in [5.41, 5.74) is 2.61. The molecule has 1 fully saturated rings. The Bertz CT molecular complexity index is 1350. The van der Waals surface area contributed by atoms with E-state index in [4.69, 9.17) is 9.47 Å². The molecule has 1 aliphatic rings. The number of carbonyl (C=O) groups is 1. The predicted molar refractivity (Wildman–Crippen MR) is 126 cm³/mol. The van der Waals surface area contributed by atoms with Crippen molar-refractivity contribution in [3.05, 3.63) is 54.2 Å². The molecule has 5 rings (SSSR count). The third-order valence-corrected chi connectivity index (χ3v) is 6.19. The van der Waals surface area contributed by atoms with Crippen molar-refractivity contribution in [2.24, 2.45) is 13.0 Å². The smallest absolute Gasteiger partial charge is 0.318 e. The molecule has 186 valence electrons. The van der Waals surface area contributed by atoms with Crippen molar-refractivity contribution in [1.29, 1.82) is 0 Å². The number of aryl methyl sites for hydroxylation is 2. The molecule has 4 aromatic rings. The van der Waals surface area contributed by atoms with Crippen LogP contribution in [0.15, 0.2) is 42.9 Å². The number of hydrogen-bond acceptors (Lipinski definition) is 9. The molecule has 0 aromatic carbocycles. The average Bonchev–Trinajstić information content (AvgIpc) is 3.55. The molecule has 12 nitrogen and oxygen atoms in total. The lowest BCUT2D eigenvalue weighted by Gasteiger charge is -2.27. The van der Waals surface area contributed by atoms with Crippen molar-refractivity contribution in [2.45, 2.75) is 45.3 Å². The van der Waals surface area contributed by atoms with Gasteiger partial charge in [0.15, 0.2) is 5.82 Å². The summed E-state index contributed by atoms with van der Waals surface area (Å²) in [5.74, 6) is 0.112. The lowest BCUT2D eigenvalue weighted by molar-refractivity contribution is -0.143. The van der Waals surface area contributed by atoms with E-state index in [-0.39, 0.29) is 24.6 Å². The van der Waals surface area contributed by atoms with Gasteiger partial charge in [0.25, 0.3) is 0 Å². The molecule has 0 aliphatic heterocycles. The first-order valence-electron chi connectivity index (χ1n) is 11.7. The first kappa shape index (κ1) is 23.4. The second kappa shape index (κ2) is 10.1. The van der Waals surface area contributed by atoms with E-state index >= 15 is 0 Å². The monoisotopic (exact) mass is 490 g/mol. The van der Waals surface area contributed by atoms with Crippen molar-refractivity contribution < 1.29 is 19.4 Å². The lowest BCUT2D eigenvalue weighted by atomic mass is 9.87. The Morgan fingerprint density at radius 2 is 2.08 bits per heavy atom. The van der Waals surface area contributed by atoms with Crippen LogP contribution in [0.5, 0.6) is 11.8 Å². The third-order valence-electron chi connectivity index (χ3n) is 6.19. The zero-order valence-electron chi connectivity index (χ0n) is 20.0. The van der Waals surface area contributed by atoms with Gasteiger partial charge in [0.1, 0.15) is 23.7 Å². The Kier molecular flexibility index (Phi) is 6.56. The Balaban J connectivity index is 1.30. The first-order chi connectivity index (χ1) is 17.5. The Labute approximate surface area is 206 Å². The van der Waals surface area contributed by atoms with Crippen molar-refractivity contribution in [1.82, 2.24) is 39.7 Å². The van der Waals surface area contributed by atoms with E-state index in [1.54, 1.807) is 41.1 Å². The highest BCUT2D eigenvalue weighted by molar-refractivity contribution is 5.70. The molecule has 12 heteroatoms. The second-order valence-corrected chi connectivity index (χ2v) is 8.67. The van der Waals surface area contributed by atoms with Gasteiger partial charge in [-0.1, -0.05) is 5.21 Å². The maximum atomic E-state index is 11.4. The number of carboxylic acid groups (broad SMARTS) is 1. The molecule has 1 saturated carbocycles. The SMILES string of the molecule is Cc1nc(-c2nnn(C)c2COc2nccc(-n3cccn3)n2)ccc1O[C@H]1CCC[C@H](C(=O)O)C1. The Hall–Kier alpha value is -4.35. The number of carboxylic acids is 1. The fourth-order valence-corrected chi connectivity index (χ4v) is 4.26. The van der Waals surface area contributed by atoms with Crippen LogP contribution in [0.1, 0.15) is 37.1 Å². The van der Waals surface area contributed by atoms with Crippen LogP contribution in [0.4, 0.5) is 0 Å². The second-order valence-electron chi connectivity index (χ2n) is 8.67. The van der Waals surface area contributed by atoms with E-state index < -0.39 is 5.97 Å². The average molecular weight is 491 g/mol. The van der Waals surface area contributed by atoms with Crippen LogP contribution in [0.25, 0.3) is 17.2 Å². The lowest BCUT2D eigenvalue weighted by Crippen LogP contribution is -2.29. The van der Waals surface area contributed by atoms with E-state index in [2.05, 4.69) is 30.4 Å². The Morgan fingerprint density at radius 3 is 2.86 bits per heavy atom. The quantitative estimate of drug-likeness (QED) is 0.391. The topological polar surface area (TPSA) is 143 Å². The highest BCUT2D eigenvalue weighted by atomic mass is 16.5. The number of nitrogens with zero attached hydrogens (tertiary/aromatic N) is 8. The molecule has 0 radical (unpaired) electrons. The van der Waals surface area contributed by atoms with Crippen LogP contribution in [0.2, 0.25) is 0 Å². The van der Waals surface area contributed by atoms with Gasteiger partial charge in [-0.2, -0.15) is 10.1 Å². The van der Waals surface area contributed by atoms with Crippen molar-refractivity contribution in [3.8, 4) is 29.0 Å². The van der Waals surface area contributed by atoms with Gasteiger partial charge in [-0.15, -0.1) is 5.10 Å². The van der Waals surface area contributed by atoms with Gasteiger partial charge in [-0.3, -0.25) is 4.79 Å². The molecular formula is C24H26N8O4. The van der Waals surface area contributed by atoms with Crippen LogP contribution < -0.4 is 9.47 Å². The molecule has 36 heavy (non-hydrogen) atoms. The number of pyridine rings is 1. The molecule has 4 aromatic heterocycles. The molecule has 0 amide bonds. The van der Waals surface area contributed by atoms with E-state index in [0.717, 1.165) is 12.8 Å². The molecular weight excluding hydrogens is 464 g/mol. The number of aromatic nitrogens is 8. The number of ether oxygens (including phenoxy) is 2. The molecule has 0 saturated heterocycles. The van der Waals surface area contributed by atoms with Crippen molar-refractivity contribution >= 4 is 5.97 Å². The largest absolute Gasteiger partial charge is 0.489 e. The van der Waals surface area contributed by atoms with Crippen LogP contribution in [0, 0.1) is 12.8 Å². The van der Waals surface area contributed by atoms with Gasteiger partial charge in [-0.05, 0) is 50.8 Å². The highest BCUT2D eigenvalue weighted by Crippen LogP contribution is 2.30. The maximum Gasteiger partial charge on any atom is 0.318 e. The number of aliphatic carboxylic acids is 1. The Morgan fingerprint density at radius 1 is 1.19 bits per heavy atom. The summed E-state index contributed by atoms with van der Waals surface area (Å²) in [6.07, 6.45) is 7.80. The van der Waals surface area contributed by atoms with E-state index in [0.29, 0.717) is 47.2 Å². The molecule has 0 spiro atoms. The number of rotatable bonds is 8. The number of hydrogen-bond donors (Lipinski definition) is 1. The molecule has 1 aliphatic carbocycles. The van der Waals surface area contributed by atoms with E-state index in [9.17, 15) is 9.90 Å². The van der Waals surface area contributed by atoms with Crippen LogP contribution >= 0.6 is 0 Å². The summed E-state index contributed by atoms with van der Waals surface area (Å²) in [4.78, 5) is 24.6. The van der Waals surface area contributed by atoms with Crippen molar-refractivity contribution in [3.63, 3.8) is 0 Å². The van der Waals surface area contributed by atoms with Crippen molar-refractivity contribution in [2.75, 3.05) is 0 Å². The summed E-state index contributed by atoms with van der Waals surface area (Å²) in [6.45, 7) is 2.00. The standard InChI is InChI=1S/C24H26N8O4/c1-15-20(36-17-6-3-5-16(13-17)23(33)34)8-7-18(27-15)22-19(31(2)30-29-22)14-35-24-25-11-9-21(28-24)32-12-4-10-26-32/h4,7-12,16-17H,3,5-6,13-14H2,1-2H3,(H,33,34)/t16-,17-/m0/s1. The summed E-state index contributed by atoms with van der Waals surface area (Å²) in [5, 5.41) is 21.9. The fraction of sp³-hybridized carbons (Fsp3) is 0.375. The summed E-state index contributed by atoms with van der Waals surface area (Å²) in [7, 11) is 1.78. The van der Waals surface area contributed by atoms with Gasteiger partial charge in [0, 0.05) is 31.7 Å². The fourth-order valence-electron chi connectivity index (χ4n) is 4.26. The zero-order chi connectivity index (χ0) is 25.1. The molecule has 2 atom stereocenters. The molecule has 4 heterocycles. The normalized spacial score (nSPS) is 17.6. The van der Waals surface area contributed by atoms with Gasteiger partial charge in [0.2, 0.25) is 0 Å². The van der Waals surface area contributed by atoms with Gasteiger partial charge in [-0.25, -0.2) is 19.3 Å². The van der Waals surface area contributed by atoms with E-state index in [1.165, 1.54) is 0 Å². The van der Waals surface area contributed by atoms with E-state index in [1.807, 2.05) is 25.1 Å². The minimum absolute atomic E-state index is 0.135. The molecule has 1 N–H and O–H groups in total. The molecule has 0 bridgehead atoms. The van der Waals surface area contributed by atoms with Gasteiger partial charge < -0.3 is 14.6 Å². The summed E-state index contributed by atoms with van der Waals surface area (Å²) < 4.78 is 15.2. The first-order valence-corrected chi connectivity index (χ1v) is 11.7. The zero-order valence-corrected chi connectivity index (χ0v) is 20.0. The van der Waals surface area contributed by atoms with Crippen LogP contribution in [-0.2, 0) is 18.4 Å². The van der Waals surface area contributed by atoms with Gasteiger partial charge in [0.05, 0.1) is 23.4 Å². The molecule has 0 unspecified atom stereocenters. The third kappa shape index (κ3) is 5.02. The van der Waals surface area contributed by atoms with Gasteiger partial charge >= 0.3 is 12.0 Å². The summed E-state index contributed by atoms with van der Waals surface area (Å²) >= 11 is 0. The highest BCUT2D eigenvalue weighted by Gasteiger charge is 2.28. The maximum absolute atomic E-state index is 11.4. The minimum atomic E-state index is -0.760. The predicted octanol–water partition coefficient (Wildman–Crippen LogP) is 2.76. The van der Waals surface area contributed by atoms with Crippen LogP contribution in [-0.4, -0.2) is 56.9 Å². The minimum Gasteiger partial charge on any atom is -0.489 e.